The molecule has 0 fully saturated rings. The van der Waals surface area contributed by atoms with Crippen molar-refractivity contribution in [3.63, 3.8) is 0 Å². The van der Waals surface area contributed by atoms with Gasteiger partial charge in [-0.15, -0.1) is 0 Å². The summed E-state index contributed by atoms with van der Waals surface area (Å²) in [6, 6.07) is 28.6. The summed E-state index contributed by atoms with van der Waals surface area (Å²) >= 11 is 0. The Morgan fingerprint density at radius 3 is 1.77 bits per heavy atom. The van der Waals surface area contributed by atoms with E-state index in [1.165, 1.54) is 11.1 Å². The maximum Gasteiger partial charge on any atom is 0.314 e. The lowest BCUT2D eigenvalue weighted by atomic mass is 9.85. The van der Waals surface area contributed by atoms with Gasteiger partial charge in [0.2, 0.25) is 0 Å². The predicted molar refractivity (Wildman–Crippen MR) is 89.6 cm³/mol. The van der Waals surface area contributed by atoms with E-state index in [0.717, 1.165) is 11.3 Å². The molecule has 1 N–H and O–H groups in total. The number of anilines is 1. The largest absolute Gasteiger partial charge is 0.318 e. The molecule has 0 aliphatic rings. The van der Waals surface area contributed by atoms with Gasteiger partial charge in [0.1, 0.15) is 0 Å². The molecule has 1 amide bonds. The highest BCUT2D eigenvalue weighted by molar-refractivity contribution is 5.72. The van der Waals surface area contributed by atoms with Crippen LogP contribution in [0, 0.1) is 0 Å². The number of hydrogen-bond acceptors (Lipinski definition) is 1. The van der Waals surface area contributed by atoms with Gasteiger partial charge < -0.3 is 5.32 Å². The summed E-state index contributed by atoms with van der Waals surface area (Å²) in [6.45, 7) is 0. The molecule has 3 aromatic rings. The normalized spacial score (nSPS) is 10.4. The van der Waals surface area contributed by atoms with Gasteiger partial charge >= 0.3 is 6.41 Å². The Balaban J connectivity index is 2.10. The summed E-state index contributed by atoms with van der Waals surface area (Å²) in [5.41, 5.74) is 4.34. The van der Waals surface area contributed by atoms with E-state index in [9.17, 15) is 4.79 Å². The maximum atomic E-state index is 10.6. The molecule has 0 atom stereocenters. The summed E-state index contributed by atoms with van der Waals surface area (Å²) in [6.07, 6.45) is 1.73. The molecule has 0 heterocycles. The Hall–Kier alpha value is -2.87. The van der Waals surface area contributed by atoms with Crippen molar-refractivity contribution in [2.75, 3.05) is 5.32 Å². The number of rotatable bonds is 5. The molecule has 0 aromatic heterocycles. The van der Waals surface area contributed by atoms with E-state index in [2.05, 4.69) is 35.6 Å². The minimum absolute atomic E-state index is 0.135. The number of hydrogen-bond donors (Lipinski definition) is 1. The average molecular weight is 286 g/mol. The summed E-state index contributed by atoms with van der Waals surface area (Å²) < 4.78 is 0. The molecule has 1 radical (unpaired) electrons. The van der Waals surface area contributed by atoms with E-state index in [4.69, 9.17) is 0 Å². The van der Waals surface area contributed by atoms with Gasteiger partial charge in [-0.1, -0.05) is 72.8 Å². The third kappa shape index (κ3) is 3.07. The maximum absolute atomic E-state index is 10.6. The zero-order valence-electron chi connectivity index (χ0n) is 12.1. The van der Waals surface area contributed by atoms with Crippen molar-refractivity contribution in [1.82, 2.24) is 0 Å². The molecule has 0 spiro atoms. The lowest BCUT2D eigenvalue weighted by Gasteiger charge is -2.19. The van der Waals surface area contributed by atoms with Crippen LogP contribution < -0.4 is 5.32 Å². The van der Waals surface area contributed by atoms with Gasteiger partial charge in [-0.05, 0) is 28.8 Å². The topological polar surface area (TPSA) is 29.1 Å². The minimum atomic E-state index is 0.135. The lowest BCUT2D eigenvalue weighted by Crippen LogP contribution is -2.04. The fourth-order valence-corrected chi connectivity index (χ4v) is 2.72. The first kappa shape index (κ1) is 14.1. The molecule has 3 rings (SSSR count). The predicted octanol–water partition coefficient (Wildman–Crippen LogP) is 4.35. The number of benzene rings is 3. The molecule has 0 saturated heterocycles. The Kier molecular flexibility index (Phi) is 4.30. The fourth-order valence-electron chi connectivity index (χ4n) is 2.72. The van der Waals surface area contributed by atoms with E-state index in [0.29, 0.717) is 0 Å². The number of nitrogens with one attached hydrogen (secondary N) is 1. The van der Waals surface area contributed by atoms with E-state index in [1.807, 2.05) is 54.6 Å². The lowest BCUT2D eigenvalue weighted by molar-refractivity contribution is 0.561. The molecule has 2 nitrogen and oxygen atoms in total. The third-order valence-corrected chi connectivity index (χ3v) is 3.68. The van der Waals surface area contributed by atoms with Crippen molar-refractivity contribution in [2.45, 2.75) is 5.92 Å². The molecular weight excluding hydrogens is 270 g/mol. The summed E-state index contributed by atoms with van der Waals surface area (Å²) in [7, 11) is 0. The van der Waals surface area contributed by atoms with Crippen LogP contribution in [0.3, 0.4) is 0 Å². The highest BCUT2D eigenvalue weighted by Crippen LogP contribution is 2.32. The van der Waals surface area contributed by atoms with Crippen molar-refractivity contribution in [3.05, 3.63) is 102 Å². The van der Waals surface area contributed by atoms with Crippen molar-refractivity contribution < 1.29 is 4.79 Å². The molecule has 0 saturated carbocycles. The van der Waals surface area contributed by atoms with Crippen LogP contribution in [0.2, 0.25) is 0 Å². The first-order valence-corrected chi connectivity index (χ1v) is 7.21. The number of amides is 1. The van der Waals surface area contributed by atoms with E-state index in [-0.39, 0.29) is 5.92 Å². The monoisotopic (exact) mass is 286 g/mol. The van der Waals surface area contributed by atoms with Crippen molar-refractivity contribution in [1.29, 1.82) is 0 Å². The Bertz CT molecular complexity index is 698. The summed E-state index contributed by atoms with van der Waals surface area (Å²) in [4.78, 5) is 10.6. The first-order valence-electron chi connectivity index (χ1n) is 7.21. The van der Waals surface area contributed by atoms with Gasteiger partial charge in [0, 0.05) is 11.6 Å². The van der Waals surface area contributed by atoms with Gasteiger partial charge in [-0.3, -0.25) is 4.79 Å². The second-order valence-corrected chi connectivity index (χ2v) is 5.11. The Labute approximate surface area is 130 Å². The fraction of sp³-hybridized carbons (Fsp3) is 0.0500. The molecule has 107 valence electrons. The van der Waals surface area contributed by atoms with Crippen LogP contribution >= 0.6 is 0 Å². The van der Waals surface area contributed by atoms with E-state index >= 15 is 0 Å². The van der Waals surface area contributed by atoms with E-state index < -0.39 is 0 Å². The molecule has 0 aliphatic heterocycles. The summed E-state index contributed by atoms with van der Waals surface area (Å²) in [5.74, 6) is 0.135. The number of carbonyl (C=O) groups excluding carboxylic acids is 1. The standard InChI is InChI=1S/C20H16NO/c22-15-21-19-13-7-12-18(14-19)20(16-8-3-1-4-9-16)17-10-5-2-6-11-17/h1-14,20H,(H,21,22). The van der Waals surface area contributed by atoms with Crippen molar-refractivity contribution in [3.8, 4) is 0 Å². The van der Waals surface area contributed by atoms with Gasteiger partial charge in [-0.25, -0.2) is 0 Å². The third-order valence-electron chi connectivity index (χ3n) is 3.68. The zero-order chi connectivity index (χ0) is 15.2. The first-order chi connectivity index (χ1) is 10.9. The van der Waals surface area contributed by atoms with Crippen molar-refractivity contribution >= 4 is 12.1 Å². The molecule has 3 aromatic carbocycles. The SMILES string of the molecule is O=[C]Nc1cccc(C(c2ccccc2)c2ccccc2)c1. The zero-order valence-corrected chi connectivity index (χ0v) is 12.1. The summed E-state index contributed by atoms with van der Waals surface area (Å²) in [5, 5.41) is 2.60. The molecule has 22 heavy (non-hydrogen) atoms. The Morgan fingerprint density at radius 2 is 1.23 bits per heavy atom. The van der Waals surface area contributed by atoms with Crippen LogP contribution in [0.4, 0.5) is 5.69 Å². The minimum Gasteiger partial charge on any atom is -0.318 e. The van der Waals surface area contributed by atoms with Crippen molar-refractivity contribution in [2.24, 2.45) is 0 Å². The van der Waals surface area contributed by atoms with Gasteiger partial charge in [-0.2, -0.15) is 0 Å². The highest BCUT2D eigenvalue weighted by Gasteiger charge is 2.16. The molecule has 2 heteroatoms. The highest BCUT2D eigenvalue weighted by atomic mass is 16.1. The average Bonchev–Trinajstić information content (AvgIpc) is 2.58. The van der Waals surface area contributed by atoms with Crippen LogP contribution in [-0.2, 0) is 4.79 Å². The molecule has 0 aliphatic carbocycles. The molecule has 0 unspecified atom stereocenters. The Morgan fingerprint density at radius 1 is 0.682 bits per heavy atom. The van der Waals surface area contributed by atoms with Crippen LogP contribution in [0.25, 0.3) is 0 Å². The second kappa shape index (κ2) is 6.72. The van der Waals surface area contributed by atoms with Crippen LogP contribution in [0.15, 0.2) is 84.9 Å². The quantitative estimate of drug-likeness (QED) is 0.548. The molecular formula is C20H16NO. The molecule has 0 bridgehead atoms. The smallest absolute Gasteiger partial charge is 0.314 e. The van der Waals surface area contributed by atoms with Crippen LogP contribution in [-0.4, -0.2) is 6.41 Å². The van der Waals surface area contributed by atoms with Crippen LogP contribution in [0.1, 0.15) is 22.6 Å². The van der Waals surface area contributed by atoms with Gasteiger partial charge in [0.25, 0.3) is 0 Å². The van der Waals surface area contributed by atoms with Gasteiger partial charge in [0.15, 0.2) is 0 Å². The van der Waals surface area contributed by atoms with Crippen LogP contribution in [0.5, 0.6) is 0 Å². The van der Waals surface area contributed by atoms with E-state index in [1.54, 1.807) is 6.41 Å². The van der Waals surface area contributed by atoms with Gasteiger partial charge in [0.05, 0.1) is 0 Å². The second-order valence-electron chi connectivity index (χ2n) is 5.11.